The van der Waals surface area contributed by atoms with Gasteiger partial charge in [-0.2, -0.15) is 0 Å². The van der Waals surface area contributed by atoms with E-state index < -0.39 is 0 Å². The second kappa shape index (κ2) is 5.81. The molecule has 0 fully saturated rings. The Kier molecular flexibility index (Phi) is 3.43. The van der Waals surface area contributed by atoms with Gasteiger partial charge in [-0.25, -0.2) is 9.98 Å². The Hall–Kier alpha value is -2.93. The van der Waals surface area contributed by atoms with Crippen LogP contribution in [-0.4, -0.2) is 44.8 Å². The zero-order chi connectivity index (χ0) is 17.7. The lowest BCUT2D eigenvalue weighted by Crippen LogP contribution is -2.58. The topological polar surface area (TPSA) is 61.6 Å². The maximum absolute atomic E-state index is 4.92. The number of anilines is 1. The number of nitrogens with one attached hydrogen (secondary N) is 1. The molecule has 0 radical (unpaired) electrons. The molecule has 1 atom stereocenters. The number of rotatable bonds is 2. The Bertz CT molecular complexity index is 976. The quantitative estimate of drug-likeness (QED) is 0.771. The molecule has 1 aromatic carbocycles. The number of para-hydroxylation sites is 2. The maximum Gasteiger partial charge on any atom is 0.216 e. The Morgan fingerprint density at radius 2 is 1.96 bits per heavy atom. The molecule has 132 valence electrons. The second-order valence-electron chi connectivity index (χ2n) is 6.95. The van der Waals surface area contributed by atoms with E-state index in [4.69, 9.17) is 9.98 Å². The van der Waals surface area contributed by atoms with Crippen LogP contribution < -0.4 is 10.2 Å². The molecule has 0 aliphatic carbocycles. The maximum atomic E-state index is 4.92. The molecule has 26 heavy (non-hydrogen) atoms. The summed E-state index contributed by atoms with van der Waals surface area (Å²) in [6, 6.07) is 14.6. The van der Waals surface area contributed by atoms with Crippen LogP contribution in [0, 0.1) is 0 Å². The van der Waals surface area contributed by atoms with Crippen molar-refractivity contribution in [2.75, 3.05) is 18.2 Å². The molecule has 0 unspecified atom stereocenters. The molecule has 3 aromatic rings. The number of pyridine rings is 1. The SMILES string of the molecule is CC(C)N1CN=C2N[C@H](c3ccccn3)n3c(nc4ccccc43)N2C1. The summed E-state index contributed by atoms with van der Waals surface area (Å²) in [5, 5.41) is 3.58. The Labute approximate surface area is 152 Å². The van der Waals surface area contributed by atoms with Crippen molar-refractivity contribution in [3.05, 3.63) is 54.4 Å². The first-order valence-corrected chi connectivity index (χ1v) is 8.93. The van der Waals surface area contributed by atoms with Crippen molar-refractivity contribution in [1.82, 2.24) is 24.8 Å². The largest absolute Gasteiger partial charge is 0.330 e. The van der Waals surface area contributed by atoms with Gasteiger partial charge in [0.05, 0.1) is 30.1 Å². The number of fused-ring (bicyclic) bond motifs is 5. The van der Waals surface area contributed by atoms with Gasteiger partial charge in [-0.15, -0.1) is 0 Å². The van der Waals surface area contributed by atoms with E-state index in [1.165, 1.54) is 0 Å². The molecule has 2 aromatic heterocycles. The normalized spacial score (nSPS) is 19.9. The van der Waals surface area contributed by atoms with Crippen molar-refractivity contribution in [2.24, 2.45) is 4.99 Å². The van der Waals surface area contributed by atoms with Crippen molar-refractivity contribution in [2.45, 2.75) is 26.1 Å². The average molecular weight is 347 g/mol. The van der Waals surface area contributed by atoms with E-state index in [-0.39, 0.29) is 6.17 Å². The summed E-state index contributed by atoms with van der Waals surface area (Å²) in [4.78, 5) is 18.7. The van der Waals surface area contributed by atoms with E-state index in [9.17, 15) is 0 Å². The van der Waals surface area contributed by atoms with E-state index in [2.05, 4.69) is 50.6 Å². The monoisotopic (exact) mass is 347 g/mol. The summed E-state index contributed by atoms with van der Waals surface area (Å²) in [7, 11) is 0. The fourth-order valence-corrected chi connectivity index (χ4v) is 3.55. The van der Waals surface area contributed by atoms with Crippen LogP contribution in [0.2, 0.25) is 0 Å². The third-order valence-electron chi connectivity index (χ3n) is 5.02. The summed E-state index contributed by atoms with van der Waals surface area (Å²) in [5.41, 5.74) is 3.02. The lowest BCUT2D eigenvalue weighted by molar-refractivity contribution is 0.221. The van der Waals surface area contributed by atoms with Crippen molar-refractivity contribution in [3.63, 3.8) is 0 Å². The number of benzene rings is 1. The standard InChI is InChI=1S/C19H21N7/c1-13(2)24-11-21-18-23-17(15-8-5-6-10-20-15)26-16-9-4-3-7-14(16)22-19(26)25(18)12-24/h3-10,13,17H,11-12H2,1-2H3,(H,21,23)/t17-/m0/s1. The van der Waals surface area contributed by atoms with Gasteiger partial charge in [0.1, 0.15) is 0 Å². The first-order valence-electron chi connectivity index (χ1n) is 8.93. The van der Waals surface area contributed by atoms with Crippen molar-refractivity contribution < 1.29 is 0 Å². The highest BCUT2D eigenvalue weighted by molar-refractivity contribution is 5.98. The van der Waals surface area contributed by atoms with Gasteiger partial charge in [-0.05, 0) is 38.1 Å². The third kappa shape index (κ3) is 2.28. The van der Waals surface area contributed by atoms with Gasteiger partial charge in [0.15, 0.2) is 6.17 Å². The zero-order valence-corrected chi connectivity index (χ0v) is 14.9. The van der Waals surface area contributed by atoms with Gasteiger partial charge in [0.25, 0.3) is 0 Å². The van der Waals surface area contributed by atoms with E-state index in [0.717, 1.165) is 35.3 Å². The number of guanidine groups is 1. The summed E-state index contributed by atoms with van der Waals surface area (Å²) >= 11 is 0. The number of nitrogens with zero attached hydrogens (tertiary/aromatic N) is 6. The minimum absolute atomic E-state index is 0.126. The fraction of sp³-hybridized carbons (Fsp3) is 0.316. The van der Waals surface area contributed by atoms with Crippen molar-refractivity contribution in [1.29, 1.82) is 0 Å². The van der Waals surface area contributed by atoms with Crippen LogP contribution in [0.5, 0.6) is 0 Å². The van der Waals surface area contributed by atoms with Gasteiger partial charge in [0.2, 0.25) is 11.9 Å². The number of hydrogen-bond donors (Lipinski definition) is 1. The molecule has 0 saturated carbocycles. The molecule has 0 spiro atoms. The van der Waals surface area contributed by atoms with Crippen LogP contribution >= 0.6 is 0 Å². The summed E-state index contributed by atoms with van der Waals surface area (Å²) in [6.45, 7) is 5.84. The lowest BCUT2D eigenvalue weighted by Gasteiger charge is -2.42. The van der Waals surface area contributed by atoms with Crippen molar-refractivity contribution in [3.8, 4) is 0 Å². The first kappa shape index (κ1) is 15.3. The average Bonchev–Trinajstić information content (AvgIpc) is 3.07. The van der Waals surface area contributed by atoms with Gasteiger partial charge in [0, 0.05) is 12.2 Å². The molecule has 4 heterocycles. The van der Waals surface area contributed by atoms with Gasteiger partial charge >= 0.3 is 0 Å². The van der Waals surface area contributed by atoms with E-state index >= 15 is 0 Å². The lowest BCUT2D eigenvalue weighted by atomic mass is 10.2. The van der Waals surface area contributed by atoms with Gasteiger partial charge < -0.3 is 5.32 Å². The van der Waals surface area contributed by atoms with E-state index in [1.54, 1.807) is 0 Å². The zero-order valence-electron chi connectivity index (χ0n) is 14.9. The molecule has 0 amide bonds. The van der Waals surface area contributed by atoms with Crippen molar-refractivity contribution >= 4 is 22.9 Å². The molecule has 0 saturated heterocycles. The van der Waals surface area contributed by atoms with Crippen LogP contribution in [-0.2, 0) is 0 Å². The molecule has 5 rings (SSSR count). The summed E-state index contributed by atoms with van der Waals surface area (Å²) in [6.07, 6.45) is 1.70. The Balaban J connectivity index is 1.70. The molecule has 2 aliphatic rings. The molecule has 7 nitrogen and oxygen atoms in total. The van der Waals surface area contributed by atoms with E-state index in [0.29, 0.717) is 12.7 Å². The molecular formula is C19H21N7. The van der Waals surface area contributed by atoms with Crippen LogP contribution in [0.4, 0.5) is 5.95 Å². The predicted molar refractivity (Wildman–Crippen MR) is 102 cm³/mol. The van der Waals surface area contributed by atoms with Gasteiger partial charge in [-0.3, -0.25) is 19.4 Å². The summed E-state index contributed by atoms with van der Waals surface area (Å²) < 4.78 is 2.22. The third-order valence-corrected chi connectivity index (χ3v) is 5.02. The summed E-state index contributed by atoms with van der Waals surface area (Å²) in [5.74, 6) is 1.77. The highest BCUT2D eigenvalue weighted by atomic mass is 15.5. The minimum atomic E-state index is -0.126. The number of aliphatic imine (C=N–C) groups is 1. The second-order valence-corrected chi connectivity index (χ2v) is 6.95. The van der Waals surface area contributed by atoms with Crippen LogP contribution in [0.3, 0.4) is 0 Å². The van der Waals surface area contributed by atoms with Crippen LogP contribution in [0.25, 0.3) is 11.0 Å². The minimum Gasteiger partial charge on any atom is -0.330 e. The molecule has 7 heteroatoms. The van der Waals surface area contributed by atoms with E-state index in [1.807, 2.05) is 36.5 Å². The van der Waals surface area contributed by atoms with Crippen LogP contribution in [0.15, 0.2) is 53.7 Å². The Morgan fingerprint density at radius 1 is 1.12 bits per heavy atom. The highest BCUT2D eigenvalue weighted by Gasteiger charge is 2.36. The number of hydrogen-bond acceptors (Lipinski definition) is 6. The molecule has 1 N–H and O–H groups in total. The van der Waals surface area contributed by atoms with Crippen LogP contribution in [0.1, 0.15) is 25.7 Å². The predicted octanol–water partition coefficient (Wildman–Crippen LogP) is 2.38. The molecule has 0 bridgehead atoms. The molecular weight excluding hydrogens is 326 g/mol. The van der Waals surface area contributed by atoms with Gasteiger partial charge in [-0.1, -0.05) is 18.2 Å². The number of imidazole rings is 1. The highest BCUT2D eigenvalue weighted by Crippen LogP contribution is 2.33. The first-order chi connectivity index (χ1) is 12.7. The Morgan fingerprint density at radius 3 is 2.77 bits per heavy atom. The fourth-order valence-electron chi connectivity index (χ4n) is 3.55. The molecule has 2 aliphatic heterocycles. The number of aromatic nitrogens is 3. The smallest absolute Gasteiger partial charge is 0.216 e.